The Hall–Kier alpha value is -2.63. The summed E-state index contributed by atoms with van der Waals surface area (Å²) in [6.45, 7) is 9.06. The Morgan fingerprint density at radius 3 is 2.28 bits per heavy atom. The minimum Gasteiger partial charge on any atom is -0.444 e. The van der Waals surface area contributed by atoms with Gasteiger partial charge in [-0.25, -0.2) is 9.18 Å². The van der Waals surface area contributed by atoms with Crippen molar-refractivity contribution in [3.8, 4) is 11.3 Å². The molecule has 2 rings (SSSR count). The maximum Gasteiger partial charge on any atom is 0.408 e. The molecule has 1 aromatic carbocycles. The second kappa shape index (κ2) is 6.70. The average Bonchev–Trinajstić information content (AvgIpc) is 2.46. The van der Waals surface area contributed by atoms with E-state index in [-0.39, 0.29) is 5.82 Å². The van der Waals surface area contributed by atoms with Crippen molar-refractivity contribution < 1.29 is 23.9 Å². The molecule has 0 bridgehead atoms. The molecule has 2 aromatic rings. The molecule has 0 aliphatic rings. The molecule has 6 heteroatoms. The first kappa shape index (κ1) is 18.7. The van der Waals surface area contributed by atoms with E-state index in [1.807, 2.05) is 13.8 Å². The summed E-state index contributed by atoms with van der Waals surface area (Å²) in [6, 6.07) is 9.25. The van der Waals surface area contributed by atoms with E-state index in [4.69, 9.17) is 4.74 Å². The van der Waals surface area contributed by atoms with E-state index >= 15 is 0 Å². The molecule has 1 aromatic heterocycles. The number of carbonyl (C=O) groups excluding carboxylic acids is 1. The van der Waals surface area contributed by atoms with Crippen molar-refractivity contribution in [3.05, 3.63) is 54.0 Å². The fraction of sp³-hybridized carbons (Fsp3) is 0.368. The quantitative estimate of drug-likeness (QED) is 0.656. The van der Waals surface area contributed by atoms with Gasteiger partial charge in [-0.05, 0) is 64.4 Å². The Morgan fingerprint density at radius 1 is 1.12 bits per heavy atom. The van der Waals surface area contributed by atoms with Gasteiger partial charge in [-0.2, -0.15) is 0 Å². The molecule has 5 nitrogen and oxygen atoms in total. The van der Waals surface area contributed by atoms with Gasteiger partial charge in [0.05, 0.1) is 11.1 Å². The van der Waals surface area contributed by atoms with E-state index in [0.717, 1.165) is 10.3 Å². The van der Waals surface area contributed by atoms with Crippen molar-refractivity contribution in [3.63, 3.8) is 0 Å². The van der Waals surface area contributed by atoms with Crippen LogP contribution in [0.15, 0.2) is 42.6 Å². The van der Waals surface area contributed by atoms with E-state index in [2.05, 4.69) is 5.32 Å². The van der Waals surface area contributed by atoms with Crippen LogP contribution in [0.3, 0.4) is 0 Å². The highest BCUT2D eigenvalue weighted by atomic mass is 19.1. The molecule has 0 unspecified atom stereocenters. The van der Waals surface area contributed by atoms with E-state index in [1.54, 1.807) is 45.0 Å². The van der Waals surface area contributed by atoms with Crippen molar-refractivity contribution in [1.82, 2.24) is 5.32 Å². The summed E-state index contributed by atoms with van der Waals surface area (Å²) in [7, 11) is 0. The van der Waals surface area contributed by atoms with Crippen molar-refractivity contribution in [2.45, 2.75) is 45.8 Å². The Labute approximate surface area is 147 Å². The lowest BCUT2D eigenvalue weighted by molar-refractivity contribution is -0.896. The first-order valence-electron chi connectivity index (χ1n) is 8.00. The van der Waals surface area contributed by atoms with Gasteiger partial charge in [-0.3, -0.25) is 5.21 Å². The number of hydrogen-bond acceptors (Lipinski definition) is 3. The highest BCUT2D eigenvalue weighted by Gasteiger charge is 2.28. The van der Waals surface area contributed by atoms with Crippen molar-refractivity contribution in [2.75, 3.05) is 0 Å². The number of hydrogen-bond donors (Lipinski definition) is 2. The number of rotatable bonds is 3. The zero-order chi connectivity index (χ0) is 18.8. The number of amides is 1. The Bertz CT molecular complexity index is 765. The van der Waals surface area contributed by atoms with Crippen LogP contribution in [0.5, 0.6) is 0 Å². The van der Waals surface area contributed by atoms with Gasteiger partial charge < -0.3 is 10.1 Å². The van der Waals surface area contributed by atoms with Gasteiger partial charge in [0.1, 0.15) is 11.4 Å². The first-order valence-corrected chi connectivity index (χ1v) is 8.00. The molecule has 134 valence electrons. The monoisotopic (exact) mass is 347 g/mol. The van der Waals surface area contributed by atoms with Crippen molar-refractivity contribution in [2.24, 2.45) is 0 Å². The number of ether oxygens (including phenoxy) is 1. The van der Waals surface area contributed by atoms with Crippen molar-refractivity contribution in [1.29, 1.82) is 0 Å². The number of nitrogens with one attached hydrogen (secondary N) is 1. The Balaban J connectivity index is 2.31. The summed E-state index contributed by atoms with van der Waals surface area (Å²) < 4.78 is 19.4. The molecular formula is C19H24FN2O3+. The molecule has 0 aliphatic heterocycles. The van der Waals surface area contributed by atoms with Gasteiger partial charge in [0.15, 0.2) is 0 Å². The molecule has 0 saturated carbocycles. The van der Waals surface area contributed by atoms with Gasteiger partial charge in [0.2, 0.25) is 6.20 Å². The number of carbonyl (C=O) groups is 1. The third-order valence-electron chi connectivity index (χ3n) is 3.61. The van der Waals surface area contributed by atoms with Crippen LogP contribution in [0.4, 0.5) is 9.18 Å². The van der Waals surface area contributed by atoms with E-state index in [9.17, 15) is 14.4 Å². The molecule has 0 saturated heterocycles. The predicted molar refractivity (Wildman–Crippen MR) is 91.6 cm³/mol. The highest BCUT2D eigenvalue weighted by Crippen LogP contribution is 2.24. The summed E-state index contributed by atoms with van der Waals surface area (Å²) in [6.07, 6.45) is 0.952. The summed E-state index contributed by atoms with van der Waals surface area (Å²) in [5.41, 5.74) is 0.577. The molecule has 0 fully saturated rings. The van der Waals surface area contributed by atoms with Gasteiger partial charge in [0, 0.05) is 16.9 Å². The smallest absolute Gasteiger partial charge is 0.408 e. The van der Waals surface area contributed by atoms with E-state index in [0.29, 0.717) is 11.3 Å². The number of aromatic nitrogens is 1. The zero-order valence-electron chi connectivity index (χ0n) is 15.1. The SMILES string of the molecule is CC(C)(C)OC(=O)NC(C)(C)c1cc[n+](O)c(-c2ccc(F)cc2)c1. The van der Waals surface area contributed by atoms with Gasteiger partial charge in [-0.1, -0.05) is 0 Å². The van der Waals surface area contributed by atoms with Crippen LogP contribution >= 0.6 is 0 Å². The minimum atomic E-state index is -0.731. The van der Waals surface area contributed by atoms with Crippen LogP contribution in [0.2, 0.25) is 0 Å². The van der Waals surface area contributed by atoms with Gasteiger partial charge >= 0.3 is 6.09 Å². The second-order valence-electron chi connectivity index (χ2n) is 7.40. The van der Waals surface area contributed by atoms with Crippen LogP contribution in [0.1, 0.15) is 40.2 Å². The summed E-state index contributed by atoms with van der Waals surface area (Å²) in [5.74, 6) is -0.351. The predicted octanol–water partition coefficient (Wildman–Crippen LogP) is 3.78. The second-order valence-corrected chi connectivity index (χ2v) is 7.40. The van der Waals surface area contributed by atoms with Gasteiger partial charge in [-0.15, -0.1) is 0 Å². The maximum absolute atomic E-state index is 13.1. The molecule has 0 spiro atoms. The molecule has 0 radical (unpaired) electrons. The number of alkyl carbamates (subject to hydrolysis) is 1. The lowest BCUT2D eigenvalue weighted by Gasteiger charge is -2.28. The summed E-state index contributed by atoms with van der Waals surface area (Å²) in [5, 5.41) is 12.9. The van der Waals surface area contributed by atoms with Crippen LogP contribution < -0.4 is 10.0 Å². The molecule has 25 heavy (non-hydrogen) atoms. The first-order chi connectivity index (χ1) is 11.5. The Kier molecular flexibility index (Phi) is 5.02. The number of pyridine rings is 1. The van der Waals surface area contributed by atoms with Crippen molar-refractivity contribution >= 4 is 6.09 Å². The lowest BCUT2D eigenvalue weighted by atomic mass is 9.93. The third-order valence-corrected chi connectivity index (χ3v) is 3.61. The molecule has 0 aliphatic carbocycles. The summed E-state index contributed by atoms with van der Waals surface area (Å²) >= 11 is 0. The topological polar surface area (TPSA) is 62.4 Å². The molecule has 1 amide bonds. The number of benzene rings is 1. The Morgan fingerprint density at radius 2 is 1.72 bits per heavy atom. The standard InChI is InChI=1S/C19H23FN2O3/c1-18(2,3)25-17(23)21-19(4,5)14-10-11-22(24)16(12-14)13-6-8-15(20)9-7-13/h6-12H,1-5H3,(H-,21,23,24)/p+1. The molecular weight excluding hydrogens is 323 g/mol. The van der Waals surface area contributed by atoms with Crippen LogP contribution in [-0.2, 0) is 10.3 Å². The highest BCUT2D eigenvalue weighted by molar-refractivity contribution is 5.69. The zero-order valence-corrected chi connectivity index (χ0v) is 15.1. The molecule has 0 atom stereocenters. The summed E-state index contributed by atoms with van der Waals surface area (Å²) in [4.78, 5) is 12.1. The largest absolute Gasteiger partial charge is 0.444 e. The number of nitrogens with zero attached hydrogens (tertiary/aromatic N) is 1. The molecule has 2 N–H and O–H groups in total. The van der Waals surface area contributed by atoms with E-state index in [1.165, 1.54) is 18.3 Å². The van der Waals surface area contributed by atoms with E-state index < -0.39 is 17.2 Å². The maximum atomic E-state index is 13.1. The fourth-order valence-electron chi connectivity index (χ4n) is 2.35. The van der Waals surface area contributed by atoms with Crippen LogP contribution in [-0.4, -0.2) is 16.9 Å². The normalized spacial score (nSPS) is 11.9. The van der Waals surface area contributed by atoms with Crippen LogP contribution in [0.25, 0.3) is 11.3 Å². The molecule has 1 heterocycles. The fourth-order valence-corrected chi connectivity index (χ4v) is 2.35. The van der Waals surface area contributed by atoms with Gasteiger partial charge in [0.25, 0.3) is 5.69 Å². The number of halogens is 1. The minimum absolute atomic E-state index is 0.351. The lowest BCUT2D eigenvalue weighted by Crippen LogP contribution is -2.44. The average molecular weight is 347 g/mol. The van der Waals surface area contributed by atoms with Crippen LogP contribution in [0, 0.1) is 5.82 Å². The third kappa shape index (κ3) is 4.92.